The van der Waals surface area contributed by atoms with E-state index >= 15 is 0 Å². The highest BCUT2D eigenvalue weighted by atomic mass is 79.9. The first-order chi connectivity index (χ1) is 58.6. The molecule has 553 valence electrons. The van der Waals surface area contributed by atoms with E-state index in [1.807, 2.05) is 0 Å². The van der Waals surface area contributed by atoms with Crippen molar-refractivity contribution < 1.29 is 137 Å². The molecule has 2 amide bonds. The fourth-order valence-corrected chi connectivity index (χ4v) is 5.24. The molecule has 1 fully saturated rings. The van der Waals surface area contributed by atoms with E-state index < -0.39 is 286 Å². The Labute approximate surface area is 652 Å². The van der Waals surface area contributed by atoms with Gasteiger partial charge in [-0.05, 0) is 174 Å². The number of aromatic carboxylic acids is 3. The Balaban J connectivity index is -0.000000697. The third-order valence-electron chi connectivity index (χ3n) is 8.45. The van der Waals surface area contributed by atoms with Crippen LogP contribution in [-0.2, 0) is 40.4 Å². The van der Waals surface area contributed by atoms with Crippen molar-refractivity contribution in [2.45, 2.75) is 138 Å². The van der Waals surface area contributed by atoms with Crippen LogP contribution in [0.3, 0.4) is 0 Å². The maximum Gasteiger partial charge on any atom is 0.519 e. The van der Waals surface area contributed by atoms with Crippen LogP contribution in [0.2, 0.25) is 0 Å². The summed E-state index contributed by atoms with van der Waals surface area (Å²) in [5.74, 6) is -8.17. The van der Waals surface area contributed by atoms with Crippen LogP contribution in [-0.4, -0.2) is 112 Å². The number of aliphatic hydroxyl groups is 1. The van der Waals surface area contributed by atoms with E-state index in [0.717, 1.165) is 13.2 Å². The van der Waals surface area contributed by atoms with Crippen LogP contribution in [0.1, 0.15) is 187 Å². The number of anilines is 4. The standard InChI is InChI=1S/C12H15NO4.C11H15NO2.C10H18O5.C7H6BrF.C7H5FO2.C7H7FO.C7H7NO2.C6H7N.C4H8O.CH2Cl2.CH4.B/c1-12(2,3)17-11(16)13-9-7-5-4-6-8(9)10(14)15;1-11(2,3)14-10(13)12-9-7-5-4-6-8-9;1-9(2,3)14-7(11)13-8(12)15-10(4,5)6;8-5-6-3-1-2-4-7(6)9;8-6-4-2-1-3-5(6)7(9)10;8-7-4-2-1-3-6(7)5-9;8-6-4-2-1-3-5(6)7(9)10;7-6-4-2-1-3-5-6;1-2-4-5-3-1;2-1-3;;/h4-7H,1-3H3,(H,13,16)(H,14,15);4-8H,1-3H3,(H,12,13);1-6H3;1-4H,5H2;1-4H,(H,9,10);1-4,9H,5H2;1-4H,8H2,(H,9,10);1-5H,7H2;1-4H2;1H2;1H4;/i4D,5D,6D,7D;4D,5D,6D,7D,8D;;4*1D,2D,3D,4D;1D,2D,3D,4D,5D;;;;. The van der Waals surface area contributed by atoms with Crippen LogP contribution >= 0.6 is 39.1 Å². The predicted octanol–water partition coefficient (Wildman–Crippen LogP) is 18.9. The van der Waals surface area contributed by atoms with E-state index in [9.17, 15) is 46.7 Å². The van der Waals surface area contributed by atoms with Crippen molar-refractivity contribution >= 4 is 113 Å². The quantitative estimate of drug-likeness (QED) is 0.0183. The molecule has 0 atom stereocenters. The second kappa shape index (κ2) is 53.6. The predicted molar refractivity (Wildman–Crippen MR) is 396 cm³/mol. The first-order valence-corrected chi connectivity index (χ1v) is 29.6. The van der Waals surface area contributed by atoms with Crippen LogP contribution in [0, 0.1) is 17.5 Å². The van der Waals surface area contributed by atoms with Crippen molar-refractivity contribution in [2.75, 3.05) is 40.7 Å². The van der Waals surface area contributed by atoms with Crippen molar-refractivity contribution in [3.05, 3.63) is 227 Å². The molecule has 10 N–H and O–H groups in total. The molecule has 1 aliphatic rings. The van der Waals surface area contributed by atoms with E-state index in [4.69, 9.17) is 120 Å². The fourth-order valence-electron chi connectivity index (χ4n) is 4.85. The van der Waals surface area contributed by atoms with Crippen LogP contribution in [0.25, 0.3) is 0 Å². The molecule has 3 radical (unpaired) electrons. The molecule has 0 bridgehead atoms. The van der Waals surface area contributed by atoms with E-state index in [1.165, 1.54) is 12.8 Å². The average Bonchev–Trinajstić information content (AvgIpc) is 1.31. The zero-order chi connectivity index (χ0) is 102. The number of benzene rings is 7. The number of nitrogens with two attached hydrogens (primary N) is 2. The first kappa shape index (κ1) is 54.4. The third kappa shape index (κ3) is 54.2. The van der Waals surface area contributed by atoms with Gasteiger partial charge in [0.15, 0.2) is 0 Å². The Morgan fingerprint density at radius 1 is 0.495 bits per heavy atom. The van der Waals surface area contributed by atoms with Gasteiger partial charge in [-0.2, -0.15) is 0 Å². The van der Waals surface area contributed by atoms with Gasteiger partial charge in [0.25, 0.3) is 0 Å². The maximum absolute atomic E-state index is 13.2. The highest BCUT2D eigenvalue weighted by Gasteiger charge is 2.25. The smallest absolute Gasteiger partial charge is 0.478 e. The zero-order valence-corrected chi connectivity index (χ0v) is 58.6. The molecule has 0 aromatic heterocycles. The number of amides is 2. The van der Waals surface area contributed by atoms with Gasteiger partial charge in [0.2, 0.25) is 0 Å². The van der Waals surface area contributed by atoms with E-state index in [1.54, 1.807) is 83.1 Å². The minimum Gasteiger partial charge on any atom is -0.478 e. The monoisotopic (exact) mass is 1550 g/mol. The Kier molecular flexibility index (Phi) is 28.9. The molecule has 8 rings (SSSR count). The van der Waals surface area contributed by atoms with Crippen LogP contribution in [0.15, 0.2) is 181 Å². The number of hydrogen-bond acceptors (Lipinski definition) is 16. The third-order valence-corrected chi connectivity index (χ3v) is 9.01. The van der Waals surface area contributed by atoms with Gasteiger partial charge in [0.1, 0.15) is 39.9 Å². The lowest BCUT2D eigenvalue weighted by atomic mass is 10.2. The molecule has 0 unspecified atom stereocenters. The second-order valence-corrected chi connectivity index (χ2v) is 22.6. The van der Waals surface area contributed by atoms with Gasteiger partial charge >= 0.3 is 42.4 Å². The Hall–Kier alpha value is -9.34. The Bertz CT molecular complexity index is 4840. The molecule has 101 heavy (non-hydrogen) atoms. The SMILES string of the molecule is C.C1CCOC1.CC(C)(C)OC(=O)OC(=O)OC(C)(C)C.ClCCl.[2H]c1c([2H])c([2H])c(C(=O)O)c(F)c1[2H].[2H]c1c([2H])c([2H])c(C(=O)O)c(N)c1[2H].[2H]c1c([2H])c([2H])c(C(=O)O)c(NC(=O)OC(C)(C)C)c1[2H].[2H]c1c([2H])c([2H])c(CBr)c(F)c1[2H].[2H]c1c([2H])c([2H])c(CO)c(F)c1[2H].[2H]c1c([2H])c([2H])c(N)c([2H])c1[2H].[2H]c1c([2H])c([2H])c(NC(=O)OC(C)(C)C)c([2H])c1[2H].[B]. The Morgan fingerprint density at radius 2 is 0.832 bits per heavy atom. The highest BCUT2D eigenvalue weighted by Crippen LogP contribution is 2.18. The van der Waals surface area contributed by atoms with E-state index in [0.29, 0.717) is 0 Å². The molecule has 7 aromatic carbocycles. The lowest BCUT2D eigenvalue weighted by Crippen LogP contribution is -2.29. The van der Waals surface area contributed by atoms with Gasteiger partial charge in [-0.15, -0.1) is 23.2 Å². The number of nitrogen functional groups attached to an aromatic ring is 2. The zero-order valence-electron chi connectivity index (χ0n) is 85.5. The van der Waals surface area contributed by atoms with E-state index in [-0.39, 0.29) is 61.6 Å². The number of carbonyl (C=O) groups excluding carboxylic acids is 4. The number of halogens is 6. The molecular formula is C73H94BBrCl2F3N4O17. The molecule has 0 saturated carbocycles. The summed E-state index contributed by atoms with van der Waals surface area (Å²) in [6, 6.07) is -17.1. The number of aliphatic hydroxyl groups excluding tert-OH is 1. The van der Waals surface area contributed by atoms with Gasteiger partial charge in [0, 0.05) is 49.6 Å². The topological polar surface area (TPSA) is 332 Å². The fraction of sp³-hybridized carbons (Fsp3) is 0.329. The van der Waals surface area contributed by atoms with Gasteiger partial charge in [-0.25, -0.2) is 46.7 Å². The molecule has 21 nitrogen and oxygen atoms in total. The highest BCUT2D eigenvalue weighted by molar-refractivity contribution is 9.08. The minimum absolute atomic E-state index is 0. The summed E-state index contributed by atoms with van der Waals surface area (Å²) in [5, 5.41) is 39.4. The maximum atomic E-state index is 13.2. The molecule has 7 aromatic rings. The van der Waals surface area contributed by atoms with Gasteiger partial charge in [-0.1, -0.05) is 132 Å². The average molecular weight is 1550 g/mol. The van der Waals surface area contributed by atoms with Crippen molar-refractivity contribution in [3.63, 3.8) is 0 Å². The number of rotatable bonds is 7. The van der Waals surface area contributed by atoms with Crippen molar-refractivity contribution in [3.8, 4) is 0 Å². The number of ether oxygens (including phenoxy) is 6. The summed E-state index contributed by atoms with van der Waals surface area (Å²) < 4.78 is 286. The van der Waals surface area contributed by atoms with E-state index in [2.05, 4.69) is 31.3 Å². The van der Waals surface area contributed by atoms with Gasteiger partial charge < -0.3 is 60.3 Å². The van der Waals surface area contributed by atoms with Crippen molar-refractivity contribution in [2.24, 2.45) is 0 Å². The van der Waals surface area contributed by atoms with Crippen LogP contribution in [0.5, 0.6) is 0 Å². The summed E-state index contributed by atoms with van der Waals surface area (Å²) in [6.07, 6.45) is -1.44. The van der Waals surface area contributed by atoms with Gasteiger partial charge in [0.05, 0.1) is 75.4 Å². The number of hydrogen-bond donors (Lipinski definition) is 8. The summed E-state index contributed by atoms with van der Waals surface area (Å²) in [4.78, 5) is 77.6. The second-order valence-electron chi connectivity index (χ2n) is 21.3. The van der Waals surface area contributed by atoms with Gasteiger partial charge in [-0.3, -0.25) is 10.6 Å². The molecule has 1 heterocycles. The number of para-hydroxylation sites is 4. The normalized spacial score (nSPS) is 14.7. The summed E-state index contributed by atoms with van der Waals surface area (Å²) in [7, 11) is 0. The number of carboxylic acids is 3. The molecule has 0 aliphatic carbocycles. The largest absolute Gasteiger partial charge is 0.519 e. The lowest BCUT2D eigenvalue weighted by Gasteiger charge is -2.20. The molecule has 0 spiro atoms. The van der Waals surface area contributed by atoms with Crippen molar-refractivity contribution in [1.29, 1.82) is 0 Å². The molecule has 28 heteroatoms. The minimum atomic E-state index is -1.71. The first-order valence-electron chi connectivity index (χ1n) is 42.4. The molecule has 1 aliphatic heterocycles. The summed E-state index contributed by atoms with van der Waals surface area (Å²) >= 11 is 12.5. The van der Waals surface area contributed by atoms with Crippen LogP contribution in [0.4, 0.5) is 55.1 Å². The molecular weight excluding hydrogens is 1420 g/mol. The number of carbonyl (C=O) groups is 7. The number of alkyl halides is 3. The summed E-state index contributed by atoms with van der Waals surface area (Å²) in [6.45, 7) is 21.1. The Morgan fingerprint density at radius 3 is 1.23 bits per heavy atom. The summed E-state index contributed by atoms with van der Waals surface area (Å²) in [5.41, 5.74) is 3.32. The van der Waals surface area contributed by atoms with Crippen molar-refractivity contribution in [1.82, 2.24) is 0 Å². The lowest BCUT2D eigenvalue weighted by molar-refractivity contribution is -0.0295. The molecule has 1 saturated heterocycles. The number of nitrogens with one attached hydrogen (secondary N) is 2. The van der Waals surface area contributed by atoms with Crippen LogP contribution < -0.4 is 22.1 Å². The number of carboxylic acid groups (broad SMARTS) is 3.